The van der Waals surface area contributed by atoms with Crippen molar-refractivity contribution in [2.75, 3.05) is 5.32 Å². The van der Waals surface area contributed by atoms with Crippen molar-refractivity contribution in [3.05, 3.63) is 44.7 Å². The summed E-state index contributed by atoms with van der Waals surface area (Å²) in [5, 5.41) is 10.7. The lowest BCUT2D eigenvalue weighted by molar-refractivity contribution is 1.02. The van der Waals surface area contributed by atoms with Crippen molar-refractivity contribution in [3.8, 4) is 0 Å². The number of aryl methyl sites for hydroxylation is 4. The number of halogens is 1. The summed E-state index contributed by atoms with van der Waals surface area (Å²) in [4.78, 5) is 0. The van der Waals surface area contributed by atoms with Crippen molar-refractivity contribution in [1.29, 1.82) is 0 Å². The van der Waals surface area contributed by atoms with Crippen LogP contribution in [0.2, 0.25) is 0 Å². The summed E-state index contributed by atoms with van der Waals surface area (Å²) in [7, 11) is 0. The van der Waals surface area contributed by atoms with Crippen molar-refractivity contribution in [2.24, 2.45) is 0 Å². The Kier molecular flexibility index (Phi) is 3.76. The minimum Gasteiger partial charge on any atom is -0.381 e. The van der Waals surface area contributed by atoms with Crippen LogP contribution in [-0.4, -0.2) is 10.2 Å². The Morgan fingerprint density at radius 2 is 1.78 bits per heavy atom. The lowest BCUT2D eigenvalue weighted by Crippen LogP contribution is -2.02. The normalized spacial score (nSPS) is 10.7. The molecule has 0 aliphatic rings. The maximum absolute atomic E-state index is 4.21. The summed E-state index contributed by atoms with van der Waals surface area (Å²) in [6, 6.07) is 4.31. The molecule has 18 heavy (non-hydrogen) atoms. The summed E-state index contributed by atoms with van der Waals surface area (Å²) in [5.41, 5.74) is 7.08. The van der Waals surface area contributed by atoms with Crippen LogP contribution in [0.3, 0.4) is 0 Å². The van der Waals surface area contributed by atoms with Gasteiger partial charge in [-0.3, -0.25) is 5.10 Å². The number of anilines is 1. The molecule has 1 aromatic carbocycles. The Labute approximate surface area is 116 Å². The molecule has 0 fully saturated rings. The fourth-order valence-corrected chi connectivity index (χ4v) is 2.30. The molecule has 0 saturated carbocycles. The van der Waals surface area contributed by atoms with Crippen LogP contribution >= 0.6 is 15.9 Å². The number of H-pyrrole nitrogens is 1. The highest BCUT2D eigenvalue weighted by atomic mass is 79.9. The van der Waals surface area contributed by atoms with Gasteiger partial charge in [0, 0.05) is 28.0 Å². The summed E-state index contributed by atoms with van der Waals surface area (Å²) < 4.78 is 1.18. The molecule has 0 amide bonds. The highest BCUT2D eigenvalue weighted by Crippen LogP contribution is 2.25. The van der Waals surface area contributed by atoms with Crippen LogP contribution in [0.15, 0.2) is 16.6 Å². The standard InChI is InChI=1S/C14H18BrN3/c1-8-5-12(6-9(2)14(8)15)16-7-13-10(3)17-18-11(13)4/h5-6,16H,7H2,1-4H3,(H,17,18). The van der Waals surface area contributed by atoms with Gasteiger partial charge in [0.15, 0.2) is 0 Å². The molecule has 0 bridgehead atoms. The van der Waals surface area contributed by atoms with Crippen LogP contribution in [0.5, 0.6) is 0 Å². The van der Waals surface area contributed by atoms with Crippen LogP contribution in [0, 0.1) is 27.7 Å². The van der Waals surface area contributed by atoms with Crippen LogP contribution in [0.25, 0.3) is 0 Å². The Morgan fingerprint density at radius 1 is 1.17 bits per heavy atom. The first-order chi connectivity index (χ1) is 8.49. The van der Waals surface area contributed by atoms with Gasteiger partial charge in [0.05, 0.1) is 5.69 Å². The van der Waals surface area contributed by atoms with Gasteiger partial charge in [-0.15, -0.1) is 0 Å². The van der Waals surface area contributed by atoms with E-state index in [4.69, 9.17) is 0 Å². The van der Waals surface area contributed by atoms with Gasteiger partial charge in [-0.1, -0.05) is 15.9 Å². The molecule has 2 N–H and O–H groups in total. The third kappa shape index (κ3) is 2.58. The number of nitrogens with one attached hydrogen (secondary N) is 2. The third-order valence-corrected chi connectivity index (χ3v) is 4.44. The fourth-order valence-electron chi connectivity index (χ4n) is 2.07. The molecule has 0 radical (unpaired) electrons. The zero-order valence-corrected chi connectivity index (χ0v) is 12.8. The van der Waals surface area contributed by atoms with E-state index in [0.29, 0.717) is 0 Å². The van der Waals surface area contributed by atoms with Crippen LogP contribution in [-0.2, 0) is 6.54 Å². The highest BCUT2D eigenvalue weighted by molar-refractivity contribution is 9.10. The molecule has 0 saturated heterocycles. The number of benzene rings is 1. The van der Waals surface area contributed by atoms with E-state index >= 15 is 0 Å². The van der Waals surface area contributed by atoms with Crippen molar-refractivity contribution in [3.63, 3.8) is 0 Å². The van der Waals surface area contributed by atoms with Crippen molar-refractivity contribution < 1.29 is 0 Å². The number of hydrogen-bond donors (Lipinski definition) is 2. The first-order valence-electron chi connectivity index (χ1n) is 6.00. The molecular weight excluding hydrogens is 290 g/mol. The minimum absolute atomic E-state index is 0.800. The largest absolute Gasteiger partial charge is 0.381 e. The maximum atomic E-state index is 4.21. The Morgan fingerprint density at radius 3 is 2.28 bits per heavy atom. The second-order valence-corrected chi connectivity index (χ2v) is 5.48. The maximum Gasteiger partial charge on any atom is 0.0643 e. The fraction of sp³-hybridized carbons (Fsp3) is 0.357. The first kappa shape index (κ1) is 13.1. The topological polar surface area (TPSA) is 40.7 Å². The molecule has 0 aliphatic carbocycles. The van der Waals surface area contributed by atoms with E-state index < -0.39 is 0 Å². The zero-order valence-electron chi connectivity index (χ0n) is 11.2. The van der Waals surface area contributed by atoms with Gasteiger partial charge in [0.1, 0.15) is 0 Å². The summed E-state index contributed by atoms with van der Waals surface area (Å²) in [6.45, 7) is 9.09. The molecule has 96 valence electrons. The molecule has 0 aliphatic heterocycles. The van der Waals surface area contributed by atoms with E-state index in [9.17, 15) is 0 Å². The van der Waals surface area contributed by atoms with E-state index in [1.807, 2.05) is 6.92 Å². The molecule has 4 heteroatoms. The smallest absolute Gasteiger partial charge is 0.0643 e. The Bertz CT molecular complexity index is 530. The summed E-state index contributed by atoms with van der Waals surface area (Å²) in [5.74, 6) is 0. The van der Waals surface area contributed by atoms with Gasteiger partial charge in [-0.2, -0.15) is 5.10 Å². The van der Waals surface area contributed by atoms with Crippen LogP contribution in [0.1, 0.15) is 28.1 Å². The molecule has 2 rings (SSSR count). The second-order valence-electron chi connectivity index (χ2n) is 4.69. The van der Waals surface area contributed by atoms with Crippen LogP contribution < -0.4 is 5.32 Å². The highest BCUT2D eigenvalue weighted by Gasteiger charge is 2.07. The second kappa shape index (κ2) is 5.14. The predicted octanol–water partition coefficient (Wildman–Crippen LogP) is 4.02. The molecule has 1 heterocycles. The van der Waals surface area contributed by atoms with Gasteiger partial charge in [-0.25, -0.2) is 0 Å². The Balaban J connectivity index is 2.16. The number of aromatic amines is 1. The predicted molar refractivity (Wildman–Crippen MR) is 79.0 cm³/mol. The molecule has 3 nitrogen and oxygen atoms in total. The molecular formula is C14H18BrN3. The van der Waals surface area contributed by atoms with Crippen molar-refractivity contribution in [1.82, 2.24) is 10.2 Å². The number of nitrogens with zero attached hydrogens (tertiary/aromatic N) is 1. The molecule has 0 atom stereocenters. The quantitative estimate of drug-likeness (QED) is 0.899. The van der Waals surface area contributed by atoms with E-state index in [2.05, 4.69) is 64.3 Å². The zero-order chi connectivity index (χ0) is 13.3. The summed E-state index contributed by atoms with van der Waals surface area (Å²) in [6.07, 6.45) is 0. The lowest BCUT2D eigenvalue weighted by atomic mass is 10.1. The van der Waals surface area contributed by atoms with E-state index in [1.165, 1.54) is 21.2 Å². The first-order valence-corrected chi connectivity index (χ1v) is 6.79. The van der Waals surface area contributed by atoms with Gasteiger partial charge in [0.2, 0.25) is 0 Å². The molecule has 2 aromatic rings. The van der Waals surface area contributed by atoms with Crippen molar-refractivity contribution in [2.45, 2.75) is 34.2 Å². The van der Waals surface area contributed by atoms with E-state index in [0.717, 1.165) is 23.6 Å². The molecule has 0 unspecified atom stereocenters. The lowest BCUT2D eigenvalue weighted by Gasteiger charge is -2.10. The van der Waals surface area contributed by atoms with Gasteiger partial charge >= 0.3 is 0 Å². The average molecular weight is 308 g/mol. The van der Waals surface area contributed by atoms with Gasteiger partial charge < -0.3 is 5.32 Å². The van der Waals surface area contributed by atoms with Gasteiger partial charge in [-0.05, 0) is 51.0 Å². The molecule has 1 aromatic heterocycles. The number of hydrogen-bond acceptors (Lipinski definition) is 2. The van der Waals surface area contributed by atoms with E-state index in [-0.39, 0.29) is 0 Å². The van der Waals surface area contributed by atoms with E-state index in [1.54, 1.807) is 0 Å². The monoisotopic (exact) mass is 307 g/mol. The van der Waals surface area contributed by atoms with Crippen molar-refractivity contribution >= 4 is 21.6 Å². The number of rotatable bonds is 3. The summed E-state index contributed by atoms with van der Waals surface area (Å²) >= 11 is 3.58. The number of aromatic nitrogens is 2. The molecule has 0 spiro atoms. The minimum atomic E-state index is 0.800. The van der Waals surface area contributed by atoms with Crippen LogP contribution in [0.4, 0.5) is 5.69 Å². The average Bonchev–Trinajstić information content (AvgIpc) is 2.63. The van der Waals surface area contributed by atoms with Gasteiger partial charge in [0.25, 0.3) is 0 Å². The third-order valence-electron chi connectivity index (χ3n) is 3.19. The SMILES string of the molecule is Cc1cc(NCc2c(C)n[nH]c2C)cc(C)c1Br. The Hall–Kier alpha value is -1.29.